The van der Waals surface area contributed by atoms with Gasteiger partial charge < -0.3 is 4.90 Å². The highest BCUT2D eigenvalue weighted by Crippen LogP contribution is 2.17. The van der Waals surface area contributed by atoms with Crippen molar-refractivity contribution in [2.45, 2.75) is 26.2 Å². The average molecular weight is 187 g/mol. The van der Waals surface area contributed by atoms with Crippen LogP contribution < -0.4 is 0 Å². The Bertz CT molecular complexity index is 161. The average Bonchev–Trinajstić information content (AvgIpc) is 2.20. The Labute approximate surface area is 79.7 Å². The van der Waals surface area contributed by atoms with Crippen molar-refractivity contribution in [2.75, 3.05) is 18.8 Å². The summed E-state index contributed by atoms with van der Waals surface area (Å²) in [5.74, 6) is 1.80. The molecule has 3 heteroatoms. The van der Waals surface area contributed by atoms with Crippen LogP contribution >= 0.6 is 12.6 Å². The fraction of sp³-hybridized carbons (Fsp3) is 0.889. The summed E-state index contributed by atoms with van der Waals surface area (Å²) < 4.78 is 0. The molecule has 70 valence electrons. The van der Waals surface area contributed by atoms with E-state index >= 15 is 0 Å². The molecule has 0 aliphatic carbocycles. The molecule has 1 amide bonds. The number of hydrogen-bond acceptors (Lipinski definition) is 2. The first kappa shape index (κ1) is 9.90. The van der Waals surface area contributed by atoms with Crippen molar-refractivity contribution in [3.8, 4) is 0 Å². The summed E-state index contributed by atoms with van der Waals surface area (Å²) >= 11 is 4.14. The van der Waals surface area contributed by atoms with Gasteiger partial charge in [-0.2, -0.15) is 12.6 Å². The number of nitrogens with zero attached hydrogens (tertiary/aromatic N) is 1. The Kier molecular flexibility index (Phi) is 3.92. The molecule has 0 aromatic carbocycles. The van der Waals surface area contributed by atoms with Crippen molar-refractivity contribution in [3.63, 3.8) is 0 Å². The predicted octanol–water partition coefficient (Wildman–Crippen LogP) is 1.56. The van der Waals surface area contributed by atoms with E-state index in [9.17, 15) is 4.79 Å². The molecule has 0 saturated carbocycles. The van der Waals surface area contributed by atoms with Gasteiger partial charge in [-0.05, 0) is 18.8 Å². The third-order valence-electron chi connectivity index (χ3n) is 2.47. The van der Waals surface area contributed by atoms with Gasteiger partial charge in [0.25, 0.3) is 0 Å². The first-order valence-electron chi connectivity index (χ1n) is 4.62. The number of amides is 1. The first-order valence-corrected chi connectivity index (χ1v) is 5.26. The molecule has 1 unspecified atom stereocenters. The van der Waals surface area contributed by atoms with Crippen LogP contribution in [0, 0.1) is 5.92 Å². The lowest BCUT2D eigenvalue weighted by Crippen LogP contribution is -2.32. The van der Waals surface area contributed by atoms with Crippen LogP contribution in [0.1, 0.15) is 26.2 Å². The summed E-state index contributed by atoms with van der Waals surface area (Å²) in [6, 6.07) is 0. The molecule has 12 heavy (non-hydrogen) atoms. The number of hydrogen-bond donors (Lipinski definition) is 1. The Morgan fingerprint density at radius 3 is 3.00 bits per heavy atom. The maximum atomic E-state index is 11.4. The van der Waals surface area contributed by atoms with E-state index < -0.39 is 0 Å². The van der Waals surface area contributed by atoms with Crippen LogP contribution in [0.4, 0.5) is 0 Å². The third-order valence-corrected chi connectivity index (χ3v) is 2.67. The van der Waals surface area contributed by atoms with Gasteiger partial charge in [0.2, 0.25) is 5.91 Å². The molecule has 0 aromatic rings. The molecular weight excluding hydrogens is 170 g/mol. The van der Waals surface area contributed by atoms with E-state index in [1.807, 2.05) is 4.90 Å². The Morgan fingerprint density at radius 2 is 2.33 bits per heavy atom. The Balaban J connectivity index is 2.44. The van der Waals surface area contributed by atoms with E-state index in [0.717, 1.165) is 38.1 Å². The number of rotatable bonds is 2. The van der Waals surface area contributed by atoms with Crippen LogP contribution in [-0.4, -0.2) is 29.6 Å². The van der Waals surface area contributed by atoms with Crippen molar-refractivity contribution in [1.82, 2.24) is 4.90 Å². The van der Waals surface area contributed by atoms with Gasteiger partial charge in [0, 0.05) is 25.3 Å². The number of likely N-dealkylation sites (tertiary alicyclic amines) is 1. The quantitative estimate of drug-likeness (QED) is 0.651. The van der Waals surface area contributed by atoms with Crippen LogP contribution in [0.3, 0.4) is 0 Å². The molecule has 1 aliphatic rings. The maximum Gasteiger partial charge on any atom is 0.222 e. The molecule has 0 N–H and O–H groups in total. The van der Waals surface area contributed by atoms with E-state index in [2.05, 4.69) is 19.6 Å². The zero-order valence-corrected chi connectivity index (χ0v) is 8.52. The molecule has 1 rings (SSSR count). The van der Waals surface area contributed by atoms with Crippen molar-refractivity contribution >= 4 is 18.5 Å². The second kappa shape index (κ2) is 4.75. The van der Waals surface area contributed by atoms with Gasteiger partial charge in [0.15, 0.2) is 0 Å². The summed E-state index contributed by atoms with van der Waals surface area (Å²) in [4.78, 5) is 13.4. The SMILES string of the molecule is CC1CCC(=O)N(CCS)CC1. The van der Waals surface area contributed by atoms with Gasteiger partial charge >= 0.3 is 0 Å². The Hall–Kier alpha value is -0.180. The van der Waals surface area contributed by atoms with E-state index in [0.29, 0.717) is 11.8 Å². The standard InChI is InChI=1S/C9H17NOS/c1-8-2-3-9(11)10(5-4-8)6-7-12/h8,12H,2-7H2,1H3. The van der Waals surface area contributed by atoms with E-state index in [1.165, 1.54) is 0 Å². The molecule has 1 aliphatic heterocycles. The molecule has 1 saturated heterocycles. The van der Waals surface area contributed by atoms with Gasteiger partial charge in [-0.1, -0.05) is 6.92 Å². The van der Waals surface area contributed by atoms with Crippen LogP contribution in [0.15, 0.2) is 0 Å². The fourth-order valence-corrected chi connectivity index (χ4v) is 1.77. The van der Waals surface area contributed by atoms with Gasteiger partial charge in [-0.25, -0.2) is 0 Å². The number of thiol groups is 1. The summed E-state index contributed by atoms with van der Waals surface area (Å²) in [5.41, 5.74) is 0. The smallest absolute Gasteiger partial charge is 0.222 e. The van der Waals surface area contributed by atoms with Crippen LogP contribution in [0.25, 0.3) is 0 Å². The molecule has 0 spiro atoms. The molecule has 1 fully saturated rings. The highest BCUT2D eigenvalue weighted by Gasteiger charge is 2.18. The number of carbonyl (C=O) groups is 1. The minimum absolute atomic E-state index is 0.313. The second-order valence-electron chi connectivity index (χ2n) is 3.54. The zero-order chi connectivity index (χ0) is 8.97. The lowest BCUT2D eigenvalue weighted by Gasteiger charge is -2.19. The highest BCUT2D eigenvalue weighted by molar-refractivity contribution is 7.80. The van der Waals surface area contributed by atoms with Crippen LogP contribution in [-0.2, 0) is 4.79 Å². The fourth-order valence-electron chi connectivity index (χ4n) is 1.53. The van der Waals surface area contributed by atoms with Crippen LogP contribution in [0.5, 0.6) is 0 Å². The molecule has 2 nitrogen and oxygen atoms in total. The van der Waals surface area contributed by atoms with E-state index in [4.69, 9.17) is 0 Å². The minimum atomic E-state index is 0.313. The van der Waals surface area contributed by atoms with E-state index in [1.54, 1.807) is 0 Å². The molecule has 1 heterocycles. The van der Waals surface area contributed by atoms with E-state index in [-0.39, 0.29) is 0 Å². The third kappa shape index (κ3) is 2.70. The molecule has 1 atom stereocenters. The van der Waals surface area contributed by atoms with Gasteiger partial charge in [-0.3, -0.25) is 4.79 Å². The Morgan fingerprint density at radius 1 is 1.58 bits per heavy atom. The first-order chi connectivity index (χ1) is 5.74. The normalized spacial score (nSPS) is 25.7. The highest BCUT2D eigenvalue weighted by atomic mass is 32.1. The summed E-state index contributed by atoms with van der Waals surface area (Å²) in [6.45, 7) is 3.96. The monoisotopic (exact) mass is 187 g/mol. The number of carbonyl (C=O) groups excluding carboxylic acids is 1. The largest absolute Gasteiger partial charge is 0.342 e. The predicted molar refractivity (Wildman–Crippen MR) is 53.4 cm³/mol. The zero-order valence-electron chi connectivity index (χ0n) is 7.62. The molecule has 0 radical (unpaired) electrons. The van der Waals surface area contributed by atoms with Crippen molar-refractivity contribution in [2.24, 2.45) is 5.92 Å². The minimum Gasteiger partial charge on any atom is -0.342 e. The topological polar surface area (TPSA) is 20.3 Å². The summed E-state index contributed by atoms with van der Waals surface area (Å²) in [7, 11) is 0. The van der Waals surface area contributed by atoms with Gasteiger partial charge in [0.05, 0.1) is 0 Å². The molecule has 0 aromatic heterocycles. The molecular formula is C9H17NOS. The van der Waals surface area contributed by atoms with Crippen molar-refractivity contribution in [1.29, 1.82) is 0 Å². The van der Waals surface area contributed by atoms with Crippen LogP contribution in [0.2, 0.25) is 0 Å². The van der Waals surface area contributed by atoms with Crippen molar-refractivity contribution < 1.29 is 4.79 Å². The van der Waals surface area contributed by atoms with Gasteiger partial charge in [-0.15, -0.1) is 0 Å². The van der Waals surface area contributed by atoms with Gasteiger partial charge in [0.1, 0.15) is 0 Å². The lowest BCUT2D eigenvalue weighted by molar-refractivity contribution is -0.130. The summed E-state index contributed by atoms with van der Waals surface area (Å²) in [6.07, 6.45) is 2.94. The lowest BCUT2D eigenvalue weighted by atomic mass is 10.0. The summed E-state index contributed by atoms with van der Waals surface area (Å²) in [5, 5.41) is 0. The second-order valence-corrected chi connectivity index (χ2v) is 3.98. The molecule has 0 bridgehead atoms. The van der Waals surface area contributed by atoms with Crippen molar-refractivity contribution in [3.05, 3.63) is 0 Å². The maximum absolute atomic E-state index is 11.4.